The lowest BCUT2D eigenvalue weighted by Gasteiger charge is -2.16. The van der Waals surface area contributed by atoms with Gasteiger partial charge in [-0.15, -0.1) is 0 Å². The van der Waals surface area contributed by atoms with Gasteiger partial charge in [-0.05, 0) is 36.6 Å². The fourth-order valence-electron chi connectivity index (χ4n) is 2.90. The average molecular weight is 392 g/mol. The predicted octanol–water partition coefficient (Wildman–Crippen LogP) is 2.08. The molecule has 0 unspecified atom stereocenters. The topological polar surface area (TPSA) is 115 Å². The van der Waals surface area contributed by atoms with Crippen LogP contribution < -0.4 is 14.4 Å². The number of anilines is 1. The summed E-state index contributed by atoms with van der Waals surface area (Å²) >= 11 is 0. The lowest BCUT2D eigenvalue weighted by Crippen LogP contribution is -2.24. The number of nitro groups is 1. The van der Waals surface area contributed by atoms with Crippen molar-refractivity contribution in [2.75, 3.05) is 25.1 Å². The van der Waals surface area contributed by atoms with Gasteiger partial charge < -0.3 is 9.64 Å². The second kappa shape index (κ2) is 7.89. The van der Waals surface area contributed by atoms with Crippen LogP contribution in [0.25, 0.3) is 0 Å². The van der Waals surface area contributed by atoms with E-state index in [-0.39, 0.29) is 12.3 Å². The van der Waals surface area contributed by atoms with Gasteiger partial charge in [0.2, 0.25) is 10.0 Å². The second-order valence-corrected chi connectivity index (χ2v) is 7.87. The molecule has 0 aliphatic carbocycles. The zero-order chi connectivity index (χ0) is 19.4. The van der Waals surface area contributed by atoms with Crippen molar-refractivity contribution in [3.05, 3.63) is 52.2 Å². The van der Waals surface area contributed by atoms with E-state index in [4.69, 9.17) is 4.74 Å². The minimum absolute atomic E-state index is 0.0151. The van der Waals surface area contributed by atoms with Crippen molar-refractivity contribution >= 4 is 21.5 Å². The third-order valence-electron chi connectivity index (χ3n) is 4.36. The number of nitrogens with one attached hydrogen (secondary N) is 1. The Labute approximate surface area is 157 Å². The van der Waals surface area contributed by atoms with Gasteiger partial charge in [-0.3, -0.25) is 10.1 Å². The lowest BCUT2D eigenvalue weighted by atomic mass is 10.3. The summed E-state index contributed by atoms with van der Waals surface area (Å²) in [7, 11) is -2.72. The third kappa shape index (κ3) is 4.34. The molecule has 0 bridgehead atoms. The predicted molar refractivity (Wildman–Crippen MR) is 99.4 cm³/mol. The first-order chi connectivity index (χ1) is 12.9. The number of rotatable bonds is 7. The Hall–Kier alpha value is -2.72. The van der Waals surface area contributed by atoms with Crippen molar-refractivity contribution in [3.8, 4) is 5.75 Å². The Balaban J connectivity index is 1.74. The SMILES string of the molecule is COc1ccc(S(=O)(=O)NCc2ccc(N3CCCC3)nc2)c([N+](=O)[O-])c1. The van der Waals surface area contributed by atoms with E-state index in [1.165, 1.54) is 13.2 Å². The van der Waals surface area contributed by atoms with Crippen LogP contribution >= 0.6 is 0 Å². The van der Waals surface area contributed by atoms with Gasteiger partial charge in [0.1, 0.15) is 11.6 Å². The highest BCUT2D eigenvalue weighted by Gasteiger charge is 2.26. The van der Waals surface area contributed by atoms with Gasteiger partial charge in [-0.25, -0.2) is 18.1 Å². The molecule has 0 amide bonds. The van der Waals surface area contributed by atoms with E-state index in [0.29, 0.717) is 5.56 Å². The zero-order valence-corrected chi connectivity index (χ0v) is 15.6. The fourth-order valence-corrected chi connectivity index (χ4v) is 4.07. The van der Waals surface area contributed by atoms with Crippen LogP contribution in [0.5, 0.6) is 5.75 Å². The Morgan fingerprint density at radius 1 is 1.26 bits per heavy atom. The van der Waals surface area contributed by atoms with Gasteiger partial charge >= 0.3 is 0 Å². The van der Waals surface area contributed by atoms with Crippen molar-refractivity contribution in [1.29, 1.82) is 0 Å². The van der Waals surface area contributed by atoms with E-state index in [0.717, 1.165) is 43.9 Å². The first-order valence-electron chi connectivity index (χ1n) is 8.43. The second-order valence-electron chi connectivity index (χ2n) is 6.13. The third-order valence-corrected chi connectivity index (χ3v) is 5.81. The molecule has 2 heterocycles. The van der Waals surface area contributed by atoms with Crippen LogP contribution in [0.1, 0.15) is 18.4 Å². The molecule has 1 fully saturated rings. The molecule has 0 saturated carbocycles. The number of benzene rings is 1. The van der Waals surface area contributed by atoms with Crippen molar-refractivity contribution in [1.82, 2.24) is 9.71 Å². The van der Waals surface area contributed by atoms with Crippen molar-refractivity contribution in [2.24, 2.45) is 0 Å². The number of nitrogens with zero attached hydrogens (tertiary/aromatic N) is 3. The van der Waals surface area contributed by atoms with E-state index < -0.39 is 25.5 Å². The lowest BCUT2D eigenvalue weighted by molar-refractivity contribution is -0.387. The van der Waals surface area contributed by atoms with Crippen molar-refractivity contribution in [2.45, 2.75) is 24.3 Å². The molecule has 0 atom stereocenters. The van der Waals surface area contributed by atoms with Crippen LogP contribution in [-0.4, -0.2) is 38.5 Å². The van der Waals surface area contributed by atoms with Crippen LogP contribution in [0.2, 0.25) is 0 Å². The summed E-state index contributed by atoms with van der Waals surface area (Å²) in [5.74, 6) is 1.08. The molecule has 3 rings (SSSR count). The number of sulfonamides is 1. The first-order valence-corrected chi connectivity index (χ1v) is 9.91. The number of hydrogen-bond acceptors (Lipinski definition) is 7. The standard InChI is InChI=1S/C17H20N4O5S/c1-26-14-5-6-16(15(10-14)21(22)23)27(24,25)19-12-13-4-7-17(18-11-13)20-8-2-3-9-20/h4-7,10-11,19H,2-3,8-9,12H2,1H3. The Morgan fingerprint density at radius 2 is 2.00 bits per heavy atom. The van der Waals surface area contributed by atoms with Gasteiger partial charge in [-0.2, -0.15) is 0 Å². The number of hydrogen-bond donors (Lipinski definition) is 1. The van der Waals surface area contributed by atoms with Gasteiger partial charge in [0.05, 0.1) is 18.1 Å². The van der Waals surface area contributed by atoms with Crippen molar-refractivity contribution in [3.63, 3.8) is 0 Å². The van der Waals surface area contributed by atoms with E-state index >= 15 is 0 Å². The van der Waals surface area contributed by atoms with Crippen LogP contribution in [0.15, 0.2) is 41.4 Å². The monoisotopic (exact) mass is 392 g/mol. The maximum Gasteiger partial charge on any atom is 0.293 e. The molecule has 1 N–H and O–H groups in total. The number of pyridine rings is 1. The summed E-state index contributed by atoms with van der Waals surface area (Å²) in [6, 6.07) is 7.26. The fraction of sp³-hybridized carbons (Fsp3) is 0.353. The van der Waals surface area contributed by atoms with Crippen molar-refractivity contribution < 1.29 is 18.1 Å². The minimum atomic E-state index is -4.07. The van der Waals surface area contributed by atoms with E-state index in [1.807, 2.05) is 6.07 Å². The Bertz CT molecular complexity index is 925. The van der Waals surface area contributed by atoms with Gasteiger partial charge in [0, 0.05) is 25.8 Å². The van der Waals surface area contributed by atoms with E-state index in [2.05, 4.69) is 14.6 Å². The molecule has 10 heteroatoms. The first kappa shape index (κ1) is 19.1. The summed E-state index contributed by atoms with van der Waals surface area (Å²) in [6.45, 7) is 1.93. The summed E-state index contributed by atoms with van der Waals surface area (Å²) in [6.07, 6.45) is 3.90. The molecular formula is C17H20N4O5S. The maximum atomic E-state index is 12.5. The molecule has 1 aromatic carbocycles. The Morgan fingerprint density at radius 3 is 2.59 bits per heavy atom. The summed E-state index contributed by atoms with van der Waals surface area (Å²) < 4.78 is 32.4. The van der Waals surface area contributed by atoms with Crippen LogP contribution in [0.4, 0.5) is 11.5 Å². The van der Waals surface area contributed by atoms with Crippen LogP contribution in [0, 0.1) is 10.1 Å². The zero-order valence-electron chi connectivity index (χ0n) is 14.8. The maximum absolute atomic E-state index is 12.5. The van der Waals surface area contributed by atoms with Crippen LogP contribution in [-0.2, 0) is 16.6 Å². The molecule has 0 radical (unpaired) electrons. The number of ether oxygens (including phenoxy) is 1. The molecule has 1 saturated heterocycles. The summed E-state index contributed by atoms with van der Waals surface area (Å²) in [5.41, 5.74) is 0.127. The number of nitro benzene ring substituents is 1. The highest BCUT2D eigenvalue weighted by atomic mass is 32.2. The smallest absolute Gasteiger partial charge is 0.293 e. The van der Waals surface area contributed by atoms with E-state index in [9.17, 15) is 18.5 Å². The van der Waals surface area contributed by atoms with Crippen LogP contribution in [0.3, 0.4) is 0 Å². The normalized spacial score (nSPS) is 14.3. The number of methoxy groups -OCH3 is 1. The van der Waals surface area contributed by atoms with Gasteiger partial charge in [-0.1, -0.05) is 6.07 Å². The highest BCUT2D eigenvalue weighted by molar-refractivity contribution is 7.89. The molecule has 9 nitrogen and oxygen atoms in total. The molecule has 1 aliphatic rings. The van der Waals surface area contributed by atoms with Gasteiger partial charge in [0.15, 0.2) is 4.90 Å². The molecular weight excluding hydrogens is 372 g/mol. The molecule has 144 valence electrons. The molecule has 2 aromatic rings. The molecule has 1 aliphatic heterocycles. The minimum Gasteiger partial charge on any atom is -0.497 e. The molecule has 1 aromatic heterocycles. The molecule has 0 spiro atoms. The number of aromatic nitrogens is 1. The highest BCUT2D eigenvalue weighted by Crippen LogP contribution is 2.28. The quantitative estimate of drug-likeness (QED) is 0.566. The summed E-state index contributed by atoms with van der Waals surface area (Å²) in [4.78, 5) is 16.6. The van der Waals surface area contributed by atoms with Gasteiger partial charge in [0.25, 0.3) is 5.69 Å². The largest absolute Gasteiger partial charge is 0.497 e. The molecule has 27 heavy (non-hydrogen) atoms. The Kier molecular flexibility index (Phi) is 5.57. The summed E-state index contributed by atoms with van der Waals surface area (Å²) in [5, 5.41) is 11.2. The average Bonchev–Trinajstić information content (AvgIpc) is 3.21. The van der Waals surface area contributed by atoms with E-state index in [1.54, 1.807) is 12.3 Å².